The summed E-state index contributed by atoms with van der Waals surface area (Å²) in [4.78, 5) is 32.9. The topological polar surface area (TPSA) is 124 Å². The molecule has 0 saturated carbocycles. The largest absolute Gasteiger partial charge is 0.466 e. The van der Waals surface area contributed by atoms with Crippen LogP contribution in [0, 0.1) is 0 Å². The van der Waals surface area contributed by atoms with E-state index in [0.29, 0.717) is 18.6 Å². The lowest BCUT2D eigenvalue weighted by molar-refractivity contribution is -0.139. The number of aliphatic hydroxyl groups is 1. The minimum Gasteiger partial charge on any atom is -0.462 e. The Morgan fingerprint density at radius 1 is 0.920 bits per heavy atom. The molecule has 0 radical (unpaired) electrons. The van der Waals surface area contributed by atoms with Gasteiger partial charge in [0, 0.05) is 18.6 Å². The minimum absolute atomic E-state index is 0.0494. The van der Waals surface area contributed by atoms with E-state index in [9.17, 15) is 4.79 Å². The van der Waals surface area contributed by atoms with E-state index in [1.54, 1.807) is 0 Å². The second-order valence-electron chi connectivity index (χ2n) is 5.91. The normalized spacial score (nSPS) is 10.8. The van der Waals surface area contributed by atoms with E-state index in [0.717, 1.165) is 12.8 Å². The molecule has 150 valence electrons. The van der Waals surface area contributed by atoms with Gasteiger partial charge in [-0.2, -0.15) is 0 Å². The van der Waals surface area contributed by atoms with Crippen LogP contribution in [0.2, 0.25) is 0 Å². The van der Waals surface area contributed by atoms with Gasteiger partial charge in [0.1, 0.15) is 0 Å². The van der Waals surface area contributed by atoms with Gasteiger partial charge in [-0.3, -0.25) is 0 Å². The highest BCUT2D eigenvalue weighted by Gasteiger charge is 2.06. The van der Waals surface area contributed by atoms with Gasteiger partial charge in [0.15, 0.2) is 0 Å². The highest BCUT2D eigenvalue weighted by molar-refractivity contribution is 7.45. The zero-order valence-electron chi connectivity index (χ0n) is 15.4. The van der Waals surface area contributed by atoms with Crippen LogP contribution in [0.4, 0.5) is 0 Å². The molecule has 0 atom stereocenters. The van der Waals surface area contributed by atoms with E-state index < -0.39 is 7.82 Å². The van der Waals surface area contributed by atoms with Crippen LogP contribution in [-0.4, -0.2) is 39.0 Å². The fourth-order valence-corrected chi connectivity index (χ4v) is 2.09. The van der Waals surface area contributed by atoms with E-state index in [2.05, 4.69) is 13.5 Å². The molecule has 0 unspecified atom stereocenters. The second kappa shape index (κ2) is 18.1. The molecule has 0 aliphatic heterocycles. The second-order valence-corrected chi connectivity index (χ2v) is 6.93. The van der Waals surface area contributed by atoms with Crippen LogP contribution < -0.4 is 0 Å². The third-order valence-electron chi connectivity index (χ3n) is 3.43. The Bertz CT molecular complexity index is 371. The predicted molar refractivity (Wildman–Crippen MR) is 97.9 cm³/mol. The molecular formula is C17H35O7P. The van der Waals surface area contributed by atoms with Crippen LogP contribution in [0.25, 0.3) is 0 Å². The summed E-state index contributed by atoms with van der Waals surface area (Å²) in [6.07, 6.45) is 13.0. The Kier molecular flexibility index (Phi) is 19.2. The van der Waals surface area contributed by atoms with Crippen molar-refractivity contribution in [3.05, 3.63) is 12.2 Å². The minimum atomic E-state index is -4.64. The molecule has 8 heteroatoms. The number of phosphoric acid groups is 1. The van der Waals surface area contributed by atoms with Crippen molar-refractivity contribution in [1.82, 2.24) is 0 Å². The molecule has 0 aliphatic carbocycles. The maximum atomic E-state index is 11.4. The van der Waals surface area contributed by atoms with Crippen molar-refractivity contribution in [3.8, 4) is 0 Å². The van der Waals surface area contributed by atoms with Gasteiger partial charge in [0.2, 0.25) is 0 Å². The average Bonchev–Trinajstić information content (AvgIpc) is 2.51. The molecule has 0 aliphatic rings. The number of rotatable bonds is 14. The number of carbonyl (C=O) groups is 1. The molecule has 0 amide bonds. The lowest BCUT2D eigenvalue weighted by atomic mass is 10.1. The van der Waals surface area contributed by atoms with Crippen molar-refractivity contribution in [3.63, 3.8) is 0 Å². The predicted octanol–water partition coefficient (Wildman–Crippen LogP) is 3.46. The summed E-state index contributed by atoms with van der Waals surface area (Å²) in [5.74, 6) is -0.366. The number of carbonyl (C=O) groups excluding carboxylic acids is 1. The molecule has 0 heterocycles. The number of esters is 1. The third kappa shape index (κ3) is 28.4. The number of hydrogen-bond acceptors (Lipinski definition) is 4. The summed E-state index contributed by atoms with van der Waals surface area (Å²) in [7, 11) is -4.64. The van der Waals surface area contributed by atoms with Gasteiger partial charge in [-0.05, 0) is 6.42 Å². The van der Waals surface area contributed by atoms with E-state index in [4.69, 9.17) is 29.1 Å². The first-order valence-corrected chi connectivity index (χ1v) is 10.5. The number of unbranched alkanes of at least 4 members (excludes halogenated alkanes) is 9. The zero-order valence-corrected chi connectivity index (χ0v) is 16.3. The molecule has 0 rings (SSSR count). The van der Waals surface area contributed by atoms with E-state index in [-0.39, 0.29) is 12.6 Å². The third-order valence-corrected chi connectivity index (χ3v) is 3.43. The summed E-state index contributed by atoms with van der Waals surface area (Å²) in [5.41, 5.74) is 0.361. The maximum absolute atomic E-state index is 11.4. The Labute approximate surface area is 151 Å². The summed E-state index contributed by atoms with van der Waals surface area (Å²) < 4.78 is 14.0. The van der Waals surface area contributed by atoms with Crippen molar-refractivity contribution >= 4 is 13.8 Å². The fraction of sp³-hybridized carbons (Fsp3) is 0.824. The summed E-state index contributed by atoms with van der Waals surface area (Å²) in [6, 6.07) is 0. The summed E-state index contributed by atoms with van der Waals surface area (Å²) >= 11 is 0. The van der Waals surface area contributed by atoms with Crippen LogP contribution >= 0.6 is 7.82 Å². The van der Waals surface area contributed by atoms with Gasteiger partial charge in [0.25, 0.3) is 0 Å². The first-order valence-electron chi connectivity index (χ1n) is 8.96. The highest BCUT2D eigenvalue weighted by Crippen LogP contribution is 2.25. The number of aliphatic hydroxyl groups excluding tert-OH is 1. The Balaban J connectivity index is 0. The molecule has 4 N–H and O–H groups in total. The SMILES string of the molecule is C=C(CCO)C(=O)OCCCCCCCCCCCC.O=P(O)(O)O. The van der Waals surface area contributed by atoms with Gasteiger partial charge in [-0.25, -0.2) is 9.36 Å². The molecule has 0 spiro atoms. The lowest BCUT2D eigenvalue weighted by Gasteiger charge is -2.06. The van der Waals surface area contributed by atoms with E-state index in [1.807, 2.05) is 0 Å². The first-order chi connectivity index (χ1) is 11.7. The zero-order chi connectivity index (χ0) is 19.6. The van der Waals surface area contributed by atoms with Crippen LogP contribution in [0.1, 0.15) is 77.6 Å². The lowest BCUT2D eigenvalue weighted by Crippen LogP contribution is -2.09. The first kappa shape index (κ1) is 26.5. The molecule has 25 heavy (non-hydrogen) atoms. The van der Waals surface area contributed by atoms with Gasteiger partial charge in [-0.1, -0.05) is 71.3 Å². The Morgan fingerprint density at radius 3 is 1.72 bits per heavy atom. The summed E-state index contributed by atoms with van der Waals surface area (Å²) in [5, 5.41) is 8.68. The molecule has 0 aromatic rings. The monoisotopic (exact) mass is 382 g/mol. The van der Waals surface area contributed by atoms with Crippen molar-refractivity contribution < 1.29 is 33.9 Å². The molecule has 7 nitrogen and oxygen atoms in total. The van der Waals surface area contributed by atoms with Crippen LogP contribution in [-0.2, 0) is 14.1 Å². The summed E-state index contributed by atoms with van der Waals surface area (Å²) in [6.45, 7) is 6.24. The van der Waals surface area contributed by atoms with Crippen LogP contribution in [0.5, 0.6) is 0 Å². The molecule has 0 saturated heterocycles. The van der Waals surface area contributed by atoms with Crippen LogP contribution in [0.15, 0.2) is 12.2 Å². The Hall–Kier alpha value is -0.720. The van der Waals surface area contributed by atoms with Gasteiger partial charge in [-0.15, -0.1) is 0 Å². The Morgan fingerprint density at radius 2 is 1.32 bits per heavy atom. The molecule has 0 aromatic heterocycles. The molecular weight excluding hydrogens is 347 g/mol. The average molecular weight is 382 g/mol. The number of hydrogen-bond donors (Lipinski definition) is 4. The van der Waals surface area contributed by atoms with Crippen molar-refractivity contribution in [2.45, 2.75) is 77.6 Å². The van der Waals surface area contributed by atoms with E-state index >= 15 is 0 Å². The van der Waals surface area contributed by atoms with Crippen molar-refractivity contribution in [2.75, 3.05) is 13.2 Å². The molecule has 0 aromatic carbocycles. The van der Waals surface area contributed by atoms with Crippen molar-refractivity contribution in [1.29, 1.82) is 0 Å². The standard InChI is InChI=1S/C17H32O3.H3O4P/c1-3-4-5-6-7-8-9-10-11-12-15-20-17(19)16(2)13-14-18;1-5(2,3)4/h18H,2-15H2,1H3;(H3,1,2,3,4). The van der Waals surface area contributed by atoms with Gasteiger partial charge < -0.3 is 24.5 Å². The van der Waals surface area contributed by atoms with Crippen LogP contribution in [0.3, 0.4) is 0 Å². The fourth-order valence-electron chi connectivity index (χ4n) is 2.09. The van der Waals surface area contributed by atoms with E-state index in [1.165, 1.54) is 51.4 Å². The molecule has 0 bridgehead atoms. The smallest absolute Gasteiger partial charge is 0.462 e. The van der Waals surface area contributed by atoms with Crippen molar-refractivity contribution in [2.24, 2.45) is 0 Å². The number of ether oxygens (including phenoxy) is 1. The van der Waals surface area contributed by atoms with Gasteiger partial charge >= 0.3 is 13.8 Å². The maximum Gasteiger partial charge on any atom is 0.466 e. The van der Waals surface area contributed by atoms with Gasteiger partial charge in [0.05, 0.1) is 6.61 Å². The highest BCUT2D eigenvalue weighted by atomic mass is 31.2. The quantitative estimate of drug-likeness (QED) is 0.157. The molecule has 0 fully saturated rings.